The van der Waals surface area contributed by atoms with Gasteiger partial charge in [-0.2, -0.15) is 0 Å². The topological polar surface area (TPSA) is 42.9 Å². The van der Waals surface area contributed by atoms with Crippen molar-refractivity contribution in [2.45, 2.75) is 4.90 Å². The molecule has 0 spiro atoms. The van der Waals surface area contributed by atoms with Crippen LogP contribution in [0.2, 0.25) is 0 Å². The summed E-state index contributed by atoms with van der Waals surface area (Å²) in [5.41, 5.74) is 3.33. The van der Waals surface area contributed by atoms with Crippen molar-refractivity contribution < 1.29 is 4.21 Å². The second-order valence-electron chi connectivity index (χ2n) is 4.61. The Morgan fingerprint density at radius 3 is 2.24 bits per heavy atom. The molecule has 0 fully saturated rings. The lowest BCUT2D eigenvalue weighted by atomic mass is 10.1. The number of hydrogen-bond acceptors (Lipinski definition) is 3. The second kappa shape index (κ2) is 5.97. The van der Waals surface area contributed by atoms with Crippen LogP contribution in [0, 0.1) is 0 Å². The van der Waals surface area contributed by atoms with E-state index in [9.17, 15) is 4.21 Å². The highest BCUT2D eigenvalue weighted by Crippen LogP contribution is 2.24. The van der Waals surface area contributed by atoms with Crippen molar-refractivity contribution in [2.24, 2.45) is 0 Å². The highest BCUT2D eigenvalue weighted by molar-refractivity contribution is 7.84. The predicted molar refractivity (Wildman–Crippen MR) is 85.2 cm³/mol. The fourth-order valence-corrected chi connectivity index (χ4v) is 2.63. The fourth-order valence-electron chi connectivity index (χ4n) is 2.07. The largest absolute Gasteiger partial charge is 0.255 e. The Bertz CT molecular complexity index is 716. The first kappa shape index (κ1) is 13.6. The molecule has 0 bridgehead atoms. The smallest absolute Gasteiger partial charge is 0.0905 e. The van der Waals surface area contributed by atoms with Crippen LogP contribution in [0.15, 0.2) is 71.8 Å². The molecule has 0 aliphatic heterocycles. The lowest BCUT2D eigenvalue weighted by Gasteiger charge is -2.07. The molecule has 1 atom stereocenters. The van der Waals surface area contributed by atoms with Crippen LogP contribution >= 0.6 is 0 Å². The Morgan fingerprint density at radius 2 is 1.57 bits per heavy atom. The van der Waals surface area contributed by atoms with Gasteiger partial charge in [0, 0.05) is 33.7 Å². The zero-order valence-corrected chi connectivity index (χ0v) is 12.4. The van der Waals surface area contributed by atoms with E-state index in [2.05, 4.69) is 9.97 Å². The predicted octanol–water partition coefficient (Wildman–Crippen LogP) is 3.55. The summed E-state index contributed by atoms with van der Waals surface area (Å²) in [6.45, 7) is 0. The Kier molecular flexibility index (Phi) is 3.88. The maximum Gasteiger partial charge on any atom is 0.0905 e. The van der Waals surface area contributed by atoms with Gasteiger partial charge in [-0.25, -0.2) is 4.98 Å². The van der Waals surface area contributed by atoms with E-state index in [0.29, 0.717) is 0 Å². The summed E-state index contributed by atoms with van der Waals surface area (Å²) >= 11 is 0. The lowest BCUT2D eigenvalue weighted by molar-refractivity contribution is 0.686. The van der Waals surface area contributed by atoms with Crippen molar-refractivity contribution in [1.29, 1.82) is 0 Å². The Labute approximate surface area is 126 Å². The molecule has 0 N–H and O–H groups in total. The SMILES string of the molecule is CS(=O)c1cc(-c2ccccc2)nc(-c2ccccn2)c1. The van der Waals surface area contributed by atoms with Crippen molar-refractivity contribution in [3.8, 4) is 22.6 Å². The molecule has 2 heterocycles. The molecule has 0 radical (unpaired) electrons. The number of hydrogen-bond donors (Lipinski definition) is 0. The van der Waals surface area contributed by atoms with Crippen molar-refractivity contribution in [3.05, 3.63) is 66.9 Å². The molecule has 0 aliphatic carbocycles. The highest BCUT2D eigenvalue weighted by Gasteiger charge is 2.09. The highest BCUT2D eigenvalue weighted by atomic mass is 32.2. The Balaban J connectivity index is 2.18. The third kappa shape index (κ3) is 3.06. The molecule has 2 aromatic heterocycles. The maximum absolute atomic E-state index is 11.9. The van der Waals surface area contributed by atoms with Crippen molar-refractivity contribution in [3.63, 3.8) is 0 Å². The molecule has 3 aromatic rings. The molecular weight excluding hydrogens is 280 g/mol. The van der Waals surface area contributed by atoms with Gasteiger partial charge in [-0.1, -0.05) is 36.4 Å². The van der Waals surface area contributed by atoms with E-state index < -0.39 is 10.8 Å². The first-order valence-corrected chi connectivity index (χ1v) is 8.12. The van der Waals surface area contributed by atoms with E-state index >= 15 is 0 Å². The monoisotopic (exact) mass is 294 g/mol. The molecule has 4 heteroatoms. The molecule has 104 valence electrons. The van der Waals surface area contributed by atoms with Crippen LogP contribution < -0.4 is 0 Å². The first-order valence-electron chi connectivity index (χ1n) is 6.56. The average Bonchev–Trinajstić information content (AvgIpc) is 2.56. The van der Waals surface area contributed by atoms with Gasteiger partial charge in [-0.15, -0.1) is 0 Å². The van der Waals surface area contributed by atoms with Crippen LogP contribution in [0.25, 0.3) is 22.6 Å². The molecule has 0 amide bonds. The van der Waals surface area contributed by atoms with Gasteiger partial charge >= 0.3 is 0 Å². The number of nitrogens with zero attached hydrogens (tertiary/aromatic N) is 2. The summed E-state index contributed by atoms with van der Waals surface area (Å²) in [7, 11) is -1.06. The van der Waals surface area contributed by atoms with Gasteiger partial charge in [0.15, 0.2) is 0 Å². The molecular formula is C17H14N2OS. The summed E-state index contributed by atoms with van der Waals surface area (Å²) in [5, 5.41) is 0. The third-order valence-corrected chi connectivity index (χ3v) is 4.03. The van der Waals surface area contributed by atoms with Gasteiger partial charge in [0.25, 0.3) is 0 Å². The van der Waals surface area contributed by atoms with Gasteiger partial charge in [0.2, 0.25) is 0 Å². The minimum atomic E-state index is -1.06. The first-order chi connectivity index (χ1) is 10.2. The van der Waals surface area contributed by atoms with Gasteiger partial charge in [-0.3, -0.25) is 9.19 Å². The quantitative estimate of drug-likeness (QED) is 0.742. The van der Waals surface area contributed by atoms with Crippen molar-refractivity contribution in [2.75, 3.05) is 6.26 Å². The van der Waals surface area contributed by atoms with Crippen LogP contribution in [-0.4, -0.2) is 20.4 Å². The van der Waals surface area contributed by atoms with E-state index in [4.69, 9.17) is 0 Å². The van der Waals surface area contributed by atoms with Crippen LogP contribution in [0.4, 0.5) is 0 Å². The molecule has 3 rings (SSSR count). The van der Waals surface area contributed by atoms with Crippen LogP contribution in [-0.2, 0) is 10.8 Å². The summed E-state index contributed by atoms with van der Waals surface area (Å²) in [6.07, 6.45) is 3.40. The van der Waals surface area contributed by atoms with E-state index in [1.165, 1.54) is 0 Å². The molecule has 0 aliphatic rings. The van der Waals surface area contributed by atoms with Gasteiger partial charge < -0.3 is 0 Å². The van der Waals surface area contributed by atoms with Gasteiger partial charge in [0.1, 0.15) is 0 Å². The summed E-state index contributed by atoms with van der Waals surface area (Å²) < 4.78 is 11.9. The van der Waals surface area contributed by atoms with Crippen LogP contribution in [0.1, 0.15) is 0 Å². The minimum absolute atomic E-state index is 0.738. The Hall–Kier alpha value is -2.33. The Morgan fingerprint density at radius 1 is 0.857 bits per heavy atom. The van der Waals surface area contributed by atoms with Gasteiger partial charge in [-0.05, 0) is 24.3 Å². The minimum Gasteiger partial charge on any atom is -0.255 e. The standard InChI is InChI=1S/C17H14N2OS/c1-21(20)14-11-16(13-7-3-2-4-8-13)19-17(12-14)15-9-5-6-10-18-15/h2-12H,1H3. The molecule has 21 heavy (non-hydrogen) atoms. The third-order valence-electron chi connectivity index (χ3n) is 3.13. The molecule has 1 aromatic carbocycles. The number of pyridine rings is 2. The van der Waals surface area contributed by atoms with Crippen molar-refractivity contribution >= 4 is 10.8 Å². The zero-order chi connectivity index (χ0) is 14.7. The van der Waals surface area contributed by atoms with E-state index in [-0.39, 0.29) is 0 Å². The normalized spacial score (nSPS) is 12.0. The molecule has 0 saturated heterocycles. The lowest BCUT2D eigenvalue weighted by Crippen LogP contribution is -1.95. The van der Waals surface area contributed by atoms with Gasteiger partial charge in [0.05, 0.1) is 17.1 Å². The molecule has 1 unspecified atom stereocenters. The van der Waals surface area contributed by atoms with E-state index in [1.807, 2.05) is 60.7 Å². The summed E-state index contributed by atoms with van der Waals surface area (Å²) in [6, 6.07) is 19.3. The van der Waals surface area contributed by atoms with Crippen LogP contribution in [0.5, 0.6) is 0 Å². The molecule has 3 nitrogen and oxygen atoms in total. The number of aromatic nitrogens is 2. The van der Waals surface area contributed by atoms with Crippen molar-refractivity contribution in [1.82, 2.24) is 9.97 Å². The number of rotatable bonds is 3. The fraction of sp³-hybridized carbons (Fsp3) is 0.0588. The summed E-state index contributed by atoms with van der Waals surface area (Å²) in [5.74, 6) is 0. The molecule has 0 saturated carbocycles. The summed E-state index contributed by atoms with van der Waals surface area (Å²) in [4.78, 5) is 9.74. The average molecular weight is 294 g/mol. The van der Waals surface area contributed by atoms with E-state index in [1.54, 1.807) is 12.5 Å². The van der Waals surface area contributed by atoms with E-state index in [0.717, 1.165) is 27.5 Å². The number of benzene rings is 1. The second-order valence-corrected chi connectivity index (χ2v) is 5.99. The zero-order valence-electron chi connectivity index (χ0n) is 11.6. The maximum atomic E-state index is 11.9. The van der Waals surface area contributed by atoms with Crippen LogP contribution in [0.3, 0.4) is 0 Å².